The molecule has 0 bridgehead atoms. The molecule has 2 aromatic carbocycles. The van der Waals surface area contributed by atoms with Gasteiger partial charge in [-0.1, -0.05) is 0 Å². The Bertz CT molecular complexity index is 1370. The van der Waals surface area contributed by atoms with Gasteiger partial charge in [-0.3, -0.25) is 24.4 Å². The number of ether oxygens (including phenoxy) is 1. The van der Waals surface area contributed by atoms with Crippen molar-refractivity contribution >= 4 is 34.3 Å². The molecule has 5 rings (SSSR count). The largest absolute Gasteiger partial charge is 0.484 e. The third kappa shape index (κ3) is 4.25. The Labute approximate surface area is 194 Å². The van der Waals surface area contributed by atoms with Crippen molar-refractivity contribution in [2.75, 3.05) is 11.9 Å². The van der Waals surface area contributed by atoms with E-state index in [4.69, 9.17) is 4.74 Å². The van der Waals surface area contributed by atoms with Crippen LogP contribution in [0.15, 0.2) is 54.9 Å². The lowest BCUT2D eigenvalue weighted by atomic mass is 9.93. The Hall–Kier alpha value is -4.47. The van der Waals surface area contributed by atoms with Crippen molar-refractivity contribution in [1.82, 2.24) is 25.1 Å². The number of anilines is 1. The lowest BCUT2D eigenvalue weighted by Crippen LogP contribution is -2.39. The van der Waals surface area contributed by atoms with Crippen LogP contribution in [0.2, 0.25) is 0 Å². The Morgan fingerprint density at radius 1 is 1.21 bits per heavy atom. The maximum absolute atomic E-state index is 12.4. The number of piperidine rings is 1. The molecular formula is C24H22N6O4. The van der Waals surface area contributed by atoms with Gasteiger partial charge in [0.25, 0.3) is 5.91 Å². The van der Waals surface area contributed by atoms with Crippen molar-refractivity contribution in [3.63, 3.8) is 0 Å². The predicted octanol–water partition coefficient (Wildman–Crippen LogP) is 2.50. The van der Waals surface area contributed by atoms with E-state index in [0.29, 0.717) is 23.6 Å². The van der Waals surface area contributed by atoms with Crippen molar-refractivity contribution in [3.05, 3.63) is 60.6 Å². The molecule has 3 N–H and O–H groups in total. The molecule has 4 aromatic rings. The van der Waals surface area contributed by atoms with Gasteiger partial charge < -0.3 is 15.0 Å². The Kier molecular flexibility index (Phi) is 5.54. The van der Waals surface area contributed by atoms with Gasteiger partial charge in [0, 0.05) is 48.6 Å². The molecule has 1 saturated heterocycles. The third-order valence-corrected chi connectivity index (χ3v) is 5.73. The highest BCUT2D eigenvalue weighted by molar-refractivity contribution is 6.02. The minimum atomic E-state index is -0.474. The maximum atomic E-state index is 12.4. The van der Waals surface area contributed by atoms with Crippen molar-refractivity contribution in [1.29, 1.82) is 0 Å². The number of H-pyrrole nitrogens is 1. The molecule has 3 heterocycles. The molecule has 1 aliphatic heterocycles. The van der Waals surface area contributed by atoms with Crippen LogP contribution in [0.3, 0.4) is 0 Å². The number of aryl methyl sites for hydroxylation is 1. The van der Waals surface area contributed by atoms with Gasteiger partial charge in [0.05, 0.1) is 17.1 Å². The summed E-state index contributed by atoms with van der Waals surface area (Å²) >= 11 is 0. The fourth-order valence-electron chi connectivity index (χ4n) is 4.05. The standard InChI is InChI=1S/C24H22N6O4/c1-30-19-12-16(6-7-17(19)22(29-30)18-8-9-20(31)28-24(18)33)34-13-21(32)27-15-4-2-14(3-5-15)23-25-10-11-26-23/h2-7,10-12,18H,8-9,13H2,1H3,(H,25,26)(H,27,32)(H,28,31,33). The van der Waals surface area contributed by atoms with Crippen LogP contribution < -0.4 is 15.4 Å². The summed E-state index contributed by atoms with van der Waals surface area (Å²) in [5, 5.41) is 10.5. The summed E-state index contributed by atoms with van der Waals surface area (Å²) in [5.41, 5.74) is 2.97. The summed E-state index contributed by atoms with van der Waals surface area (Å²) in [7, 11) is 1.78. The smallest absolute Gasteiger partial charge is 0.262 e. The van der Waals surface area contributed by atoms with Gasteiger partial charge in [-0.05, 0) is 42.8 Å². The minimum absolute atomic E-state index is 0.163. The fraction of sp³-hybridized carbons (Fsp3) is 0.208. The second kappa shape index (κ2) is 8.81. The topological polar surface area (TPSA) is 131 Å². The van der Waals surface area contributed by atoms with Crippen LogP contribution >= 0.6 is 0 Å². The summed E-state index contributed by atoms with van der Waals surface area (Å²) in [6.07, 6.45) is 4.15. The number of imide groups is 1. The number of carbonyl (C=O) groups excluding carboxylic acids is 3. The zero-order chi connectivity index (χ0) is 23.7. The van der Waals surface area contributed by atoms with E-state index < -0.39 is 5.92 Å². The normalized spacial score (nSPS) is 15.9. The van der Waals surface area contributed by atoms with E-state index in [1.165, 1.54) is 0 Å². The Morgan fingerprint density at radius 2 is 2.03 bits per heavy atom. The van der Waals surface area contributed by atoms with Gasteiger partial charge >= 0.3 is 0 Å². The number of imidazole rings is 1. The van der Waals surface area contributed by atoms with E-state index in [1.807, 2.05) is 18.2 Å². The Balaban J connectivity index is 1.24. The molecule has 3 amide bonds. The molecule has 10 heteroatoms. The number of hydrogen-bond donors (Lipinski definition) is 3. The molecule has 0 aliphatic carbocycles. The molecule has 0 saturated carbocycles. The zero-order valence-corrected chi connectivity index (χ0v) is 18.4. The molecule has 0 spiro atoms. The average Bonchev–Trinajstić information content (AvgIpc) is 3.47. The molecule has 172 valence electrons. The van der Waals surface area contributed by atoms with Gasteiger partial charge in [-0.15, -0.1) is 0 Å². The summed E-state index contributed by atoms with van der Waals surface area (Å²) in [6.45, 7) is -0.163. The van der Waals surface area contributed by atoms with Crippen LogP contribution in [0.1, 0.15) is 24.5 Å². The molecule has 1 unspecified atom stereocenters. The summed E-state index contributed by atoms with van der Waals surface area (Å²) in [5.74, 6) is -0.0891. The highest BCUT2D eigenvalue weighted by atomic mass is 16.5. The average molecular weight is 458 g/mol. The first kappa shape index (κ1) is 21.4. The van der Waals surface area contributed by atoms with Crippen molar-refractivity contribution in [3.8, 4) is 17.1 Å². The minimum Gasteiger partial charge on any atom is -0.484 e. The van der Waals surface area contributed by atoms with Crippen LogP contribution in [-0.4, -0.2) is 44.1 Å². The first-order valence-electron chi connectivity index (χ1n) is 10.8. The molecule has 0 radical (unpaired) electrons. The summed E-state index contributed by atoms with van der Waals surface area (Å²) in [6, 6.07) is 12.7. The van der Waals surface area contributed by atoms with Crippen LogP contribution in [0.25, 0.3) is 22.3 Å². The van der Waals surface area contributed by atoms with Gasteiger partial charge in [0.1, 0.15) is 11.6 Å². The number of benzene rings is 2. The predicted molar refractivity (Wildman–Crippen MR) is 124 cm³/mol. The number of hydrogen-bond acceptors (Lipinski definition) is 6. The first-order chi connectivity index (χ1) is 16.5. The van der Waals surface area contributed by atoms with Gasteiger partial charge in [0.2, 0.25) is 11.8 Å². The third-order valence-electron chi connectivity index (χ3n) is 5.73. The SMILES string of the molecule is Cn1nc(C2CCC(=O)NC2=O)c2ccc(OCC(=O)Nc3ccc(-c4ncc[nH]4)cc3)cc21. The number of aromatic amines is 1. The van der Waals surface area contributed by atoms with Crippen LogP contribution in [0, 0.1) is 0 Å². The number of fused-ring (bicyclic) bond motifs is 1. The fourth-order valence-corrected chi connectivity index (χ4v) is 4.05. The second-order valence-corrected chi connectivity index (χ2v) is 8.04. The number of nitrogens with zero attached hydrogens (tertiary/aromatic N) is 3. The highest BCUT2D eigenvalue weighted by Gasteiger charge is 2.31. The number of nitrogens with one attached hydrogen (secondary N) is 3. The molecule has 1 fully saturated rings. The van der Waals surface area contributed by atoms with Crippen LogP contribution in [0.5, 0.6) is 5.75 Å². The first-order valence-corrected chi connectivity index (χ1v) is 10.8. The van der Waals surface area contributed by atoms with Crippen LogP contribution in [0.4, 0.5) is 5.69 Å². The van der Waals surface area contributed by atoms with Gasteiger partial charge in [-0.25, -0.2) is 4.98 Å². The maximum Gasteiger partial charge on any atom is 0.262 e. The molecular weight excluding hydrogens is 436 g/mol. The number of rotatable bonds is 6. The molecule has 2 aromatic heterocycles. The summed E-state index contributed by atoms with van der Waals surface area (Å²) in [4.78, 5) is 43.3. The van der Waals surface area contributed by atoms with E-state index >= 15 is 0 Å². The van der Waals surface area contributed by atoms with Gasteiger partial charge in [-0.2, -0.15) is 5.10 Å². The second-order valence-electron chi connectivity index (χ2n) is 8.04. The zero-order valence-electron chi connectivity index (χ0n) is 18.4. The summed E-state index contributed by atoms with van der Waals surface area (Å²) < 4.78 is 7.35. The van der Waals surface area contributed by atoms with Crippen molar-refractivity contribution < 1.29 is 19.1 Å². The number of carbonyl (C=O) groups is 3. The van der Waals surface area contributed by atoms with E-state index in [2.05, 4.69) is 25.7 Å². The number of aromatic nitrogens is 4. The highest BCUT2D eigenvalue weighted by Crippen LogP contribution is 2.32. The lowest BCUT2D eigenvalue weighted by Gasteiger charge is -2.19. The van der Waals surface area contributed by atoms with Crippen molar-refractivity contribution in [2.24, 2.45) is 7.05 Å². The number of amides is 3. The van der Waals surface area contributed by atoms with Crippen molar-refractivity contribution in [2.45, 2.75) is 18.8 Å². The Morgan fingerprint density at radius 3 is 2.76 bits per heavy atom. The van der Waals surface area contributed by atoms with E-state index in [-0.39, 0.29) is 30.7 Å². The van der Waals surface area contributed by atoms with E-state index in [9.17, 15) is 14.4 Å². The molecule has 1 atom stereocenters. The molecule has 1 aliphatic rings. The molecule has 34 heavy (non-hydrogen) atoms. The van der Waals surface area contributed by atoms with E-state index in [0.717, 1.165) is 22.3 Å². The quantitative estimate of drug-likeness (QED) is 0.381. The van der Waals surface area contributed by atoms with Gasteiger partial charge in [0.15, 0.2) is 6.61 Å². The van der Waals surface area contributed by atoms with Crippen LogP contribution in [-0.2, 0) is 21.4 Å². The monoisotopic (exact) mass is 458 g/mol. The van der Waals surface area contributed by atoms with E-state index in [1.54, 1.807) is 48.4 Å². The lowest BCUT2D eigenvalue weighted by molar-refractivity contribution is -0.134. The molecule has 10 nitrogen and oxygen atoms in total.